The summed E-state index contributed by atoms with van der Waals surface area (Å²) in [4.78, 5) is 29.5. The van der Waals surface area contributed by atoms with Crippen LogP contribution in [0.1, 0.15) is 49.4 Å². The molecule has 0 unspecified atom stereocenters. The first-order valence-electron chi connectivity index (χ1n) is 22.1. The Labute approximate surface area is 361 Å². The highest BCUT2D eigenvalue weighted by atomic mass is 16.5. The molecule has 0 aliphatic carbocycles. The third-order valence-corrected chi connectivity index (χ3v) is 12.3. The fourth-order valence-electron chi connectivity index (χ4n) is 8.93. The average Bonchev–Trinajstić information content (AvgIpc) is 3.32. The van der Waals surface area contributed by atoms with Gasteiger partial charge in [0.05, 0.1) is 24.0 Å². The van der Waals surface area contributed by atoms with Gasteiger partial charge in [-0.2, -0.15) is 5.10 Å². The molecular formula is C49H52N9O4+. The van der Waals surface area contributed by atoms with Crippen molar-refractivity contribution in [2.45, 2.75) is 45.6 Å². The first kappa shape index (κ1) is 39.4. The second-order valence-corrected chi connectivity index (χ2v) is 16.3. The molecule has 2 aromatic heterocycles. The summed E-state index contributed by atoms with van der Waals surface area (Å²) in [6, 6.07) is 31.1. The summed E-state index contributed by atoms with van der Waals surface area (Å²) >= 11 is 0. The van der Waals surface area contributed by atoms with Gasteiger partial charge in [0.1, 0.15) is 42.4 Å². The van der Waals surface area contributed by atoms with Crippen LogP contribution in [0.15, 0.2) is 102 Å². The number of carbonyl (C=O) groups excluding carboxylic acids is 1. The highest BCUT2D eigenvalue weighted by molar-refractivity contribution is 5.93. The van der Waals surface area contributed by atoms with Crippen LogP contribution in [0.4, 0.5) is 23.0 Å². The Morgan fingerprint density at radius 1 is 0.758 bits per heavy atom. The molecule has 10 rings (SSSR count). The summed E-state index contributed by atoms with van der Waals surface area (Å²) in [6.45, 7) is 10.7. The Morgan fingerprint density at radius 2 is 1.58 bits per heavy atom. The van der Waals surface area contributed by atoms with E-state index < -0.39 is 0 Å². The molecule has 0 atom stereocenters. The summed E-state index contributed by atoms with van der Waals surface area (Å²) in [7, 11) is 0. The molecule has 1 amide bonds. The minimum absolute atomic E-state index is 0.0633. The number of aromatic nitrogens is 3. The van der Waals surface area contributed by atoms with Gasteiger partial charge in [-0.3, -0.25) is 4.79 Å². The zero-order valence-corrected chi connectivity index (χ0v) is 35.3. The summed E-state index contributed by atoms with van der Waals surface area (Å²) in [6.07, 6.45) is 5.89. The molecule has 4 aromatic carbocycles. The third-order valence-electron chi connectivity index (χ3n) is 12.3. The monoisotopic (exact) mass is 830 g/mol. The van der Waals surface area contributed by atoms with Gasteiger partial charge in [-0.05, 0) is 37.0 Å². The normalized spacial score (nSPS) is 15.3. The van der Waals surface area contributed by atoms with E-state index in [-0.39, 0.29) is 5.91 Å². The van der Waals surface area contributed by atoms with Crippen LogP contribution in [0.5, 0.6) is 23.0 Å². The number of nitrogens with zero attached hydrogens (tertiary/aromatic N) is 8. The molecular weight excluding hydrogens is 779 g/mol. The van der Waals surface area contributed by atoms with Gasteiger partial charge >= 0.3 is 0 Å². The lowest BCUT2D eigenvalue weighted by atomic mass is 10.0. The SMILES string of the molecule is CCN1CCOc2cc3c(cc21)Oc1cc2c(cc1=N3)OCC[N+]=2CCCCCC(=O)NCc1ccc(N2CCN(c3nnc(Cc4ccccc4)c4ccccc34)CC2)nc1. The maximum Gasteiger partial charge on any atom is 0.246 e. The molecule has 1 N–H and O–H groups in total. The molecule has 62 heavy (non-hydrogen) atoms. The predicted molar refractivity (Wildman–Crippen MR) is 241 cm³/mol. The maximum atomic E-state index is 12.8. The number of fused-ring (bicyclic) bond motifs is 5. The van der Waals surface area contributed by atoms with E-state index in [9.17, 15) is 4.79 Å². The Bertz CT molecular complexity index is 2720. The molecule has 0 radical (unpaired) electrons. The Kier molecular flexibility index (Phi) is 11.2. The highest BCUT2D eigenvalue weighted by Gasteiger charge is 2.26. The number of pyridine rings is 1. The van der Waals surface area contributed by atoms with Crippen molar-refractivity contribution in [1.29, 1.82) is 0 Å². The first-order chi connectivity index (χ1) is 30.6. The van der Waals surface area contributed by atoms with Crippen LogP contribution in [0.2, 0.25) is 0 Å². The Morgan fingerprint density at radius 3 is 2.42 bits per heavy atom. The van der Waals surface area contributed by atoms with E-state index in [1.165, 1.54) is 5.56 Å². The molecule has 316 valence electrons. The molecule has 1 fully saturated rings. The van der Waals surface area contributed by atoms with E-state index in [0.717, 1.165) is 157 Å². The molecule has 6 heterocycles. The molecule has 13 heteroatoms. The van der Waals surface area contributed by atoms with Gasteiger partial charge in [-0.25, -0.2) is 14.6 Å². The zero-order valence-electron chi connectivity index (χ0n) is 35.3. The molecule has 6 aromatic rings. The second-order valence-electron chi connectivity index (χ2n) is 16.3. The topological polar surface area (TPSA) is 121 Å². The minimum atomic E-state index is 0.0633. The van der Waals surface area contributed by atoms with Crippen molar-refractivity contribution in [1.82, 2.24) is 25.1 Å². The van der Waals surface area contributed by atoms with Crippen molar-refractivity contribution >= 4 is 39.7 Å². The van der Waals surface area contributed by atoms with E-state index in [2.05, 4.69) is 98.2 Å². The summed E-state index contributed by atoms with van der Waals surface area (Å²) in [5.74, 6) is 5.08. The van der Waals surface area contributed by atoms with E-state index >= 15 is 0 Å². The number of nitrogens with one attached hydrogen (secondary N) is 1. The molecule has 13 nitrogen and oxygen atoms in total. The molecule has 1 saturated heterocycles. The predicted octanol–water partition coefficient (Wildman–Crippen LogP) is 5.98. The minimum Gasteiger partial charge on any atom is -0.489 e. The summed E-state index contributed by atoms with van der Waals surface area (Å²) in [5.41, 5.74) is 5.03. The van der Waals surface area contributed by atoms with E-state index in [0.29, 0.717) is 26.2 Å². The maximum absolute atomic E-state index is 12.8. The summed E-state index contributed by atoms with van der Waals surface area (Å²) < 4.78 is 20.8. The Hall–Kier alpha value is -6.76. The number of likely N-dealkylation sites (N-methyl/N-ethyl adjacent to an activating group) is 1. The highest BCUT2D eigenvalue weighted by Crippen LogP contribution is 2.44. The number of ether oxygens (including phenoxy) is 3. The van der Waals surface area contributed by atoms with Crippen LogP contribution in [-0.2, 0) is 17.8 Å². The van der Waals surface area contributed by atoms with Crippen molar-refractivity contribution in [3.63, 3.8) is 0 Å². The van der Waals surface area contributed by atoms with Gasteiger partial charge in [0, 0.05) is 93.7 Å². The van der Waals surface area contributed by atoms with Gasteiger partial charge in [0.15, 0.2) is 29.6 Å². The number of piperazine rings is 1. The summed E-state index contributed by atoms with van der Waals surface area (Å²) in [5, 5.41) is 16.6. The van der Waals surface area contributed by atoms with Crippen molar-refractivity contribution < 1.29 is 19.0 Å². The fourth-order valence-corrected chi connectivity index (χ4v) is 8.93. The number of amides is 1. The van der Waals surface area contributed by atoms with Crippen LogP contribution in [0.25, 0.3) is 10.8 Å². The van der Waals surface area contributed by atoms with Crippen LogP contribution < -0.4 is 49.5 Å². The quantitative estimate of drug-likeness (QED) is 0.110. The van der Waals surface area contributed by atoms with Gasteiger partial charge in [0.25, 0.3) is 0 Å². The lowest BCUT2D eigenvalue weighted by Crippen LogP contribution is -2.47. The fraction of sp³-hybridized carbons (Fsp3) is 0.347. The van der Waals surface area contributed by atoms with Crippen molar-refractivity contribution in [2.75, 3.05) is 80.3 Å². The van der Waals surface area contributed by atoms with Crippen molar-refractivity contribution in [3.05, 3.63) is 125 Å². The molecule has 0 spiro atoms. The molecule has 0 bridgehead atoms. The number of hydrogen-bond acceptors (Lipinski definition) is 11. The van der Waals surface area contributed by atoms with E-state index in [1.807, 2.05) is 30.5 Å². The van der Waals surface area contributed by atoms with Crippen LogP contribution >= 0.6 is 0 Å². The number of unbranched alkanes of at least 4 members (excludes halogenated alkanes) is 2. The average molecular weight is 831 g/mol. The number of hydrogen-bond donors (Lipinski definition) is 1. The number of rotatable bonds is 13. The van der Waals surface area contributed by atoms with Crippen molar-refractivity contribution in [2.24, 2.45) is 4.99 Å². The largest absolute Gasteiger partial charge is 0.489 e. The number of benzene rings is 4. The van der Waals surface area contributed by atoms with Crippen molar-refractivity contribution in [3.8, 4) is 23.0 Å². The van der Waals surface area contributed by atoms with E-state index in [4.69, 9.17) is 34.4 Å². The molecule has 4 aliphatic rings. The molecule has 4 aliphatic heterocycles. The van der Waals surface area contributed by atoms with Gasteiger partial charge < -0.3 is 34.2 Å². The van der Waals surface area contributed by atoms with Crippen LogP contribution in [0, 0.1) is 0 Å². The smallest absolute Gasteiger partial charge is 0.246 e. The lowest BCUT2D eigenvalue weighted by Gasteiger charge is -2.36. The first-order valence-corrected chi connectivity index (χ1v) is 22.1. The van der Waals surface area contributed by atoms with Gasteiger partial charge in [-0.15, -0.1) is 5.10 Å². The number of anilines is 3. The zero-order chi connectivity index (χ0) is 41.8. The van der Waals surface area contributed by atoms with Gasteiger partial charge in [0.2, 0.25) is 11.3 Å². The van der Waals surface area contributed by atoms with E-state index in [1.54, 1.807) is 0 Å². The standard InChI is InChI=1S/C49H51N9O4/c1-2-55-23-25-60-45-28-39-43(30-41(45)55)62-44-31-42-46(29-40(44)52-39)61-26-24-56(42)18-10-4-7-15-48(59)51-33-35-16-17-47(50-32-35)57-19-21-58(22-20-57)49-37-14-9-8-13-36(37)38(53-54-49)27-34-11-5-3-6-12-34/h3,5-6,8-9,11-14,16-17,28-32H,2,4,7,10,15,18-27,33H2,1H3/p+1. The molecule has 0 saturated carbocycles. The Balaban J connectivity index is 0.682. The van der Waals surface area contributed by atoms with Gasteiger partial charge in [-0.1, -0.05) is 60.7 Å². The van der Waals surface area contributed by atoms with Crippen LogP contribution in [0.3, 0.4) is 0 Å². The lowest BCUT2D eigenvalue weighted by molar-refractivity contribution is -0.121. The van der Waals surface area contributed by atoms with Crippen LogP contribution in [-0.4, -0.2) is 86.7 Å². The second kappa shape index (κ2) is 17.7. The third kappa shape index (κ3) is 8.31. The number of carbonyl (C=O) groups is 1.